The van der Waals surface area contributed by atoms with Crippen LogP contribution in [0.1, 0.15) is 6.42 Å². The van der Waals surface area contributed by atoms with Crippen LogP contribution in [0.2, 0.25) is 0 Å². The van der Waals surface area contributed by atoms with Crippen LogP contribution in [0.15, 0.2) is 41.1 Å². The molecule has 0 saturated heterocycles. The molecule has 0 aliphatic heterocycles. The van der Waals surface area contributed by atoms with Gasteiger partial charge in [-0.15, -0.1) is 0 Å². The lowest BCUT2D eigenvalue weighted by molar-refractivity contribution is 1.11. The molecule has 0 radical (unpaired) electrons. The van der Waals surface area contributed by atoms with Crippen LogP contribution in [0, 0.1) is 0 Å². The molecule has 46 valence electrons. The summed E-state index contributed by atoms with van der Waals surface area (Å²) in [6, 6.07) is 0. The second-order valence-electron chi connectivity index (χ2n) is 2.01. The summed E-state index contributed by atoms with van der Waals surface area (Å²) in [6.07, 6.45) is 6.71. The molecule has 1 heteroatoms. The third kappa shape index (κ3) is 1.39. The molecule has 9 heavy (non-hydrogen) atoms. The van der Waals surface area contributed by atoms with Crippen molar-refractivity contribution >= 4 is 6.72 Å². The smallest absolute Gasteiger partial charge is 0.0439 e. The standard InChI is InChI=1S/C8H9N/c1-7-4-3-5-8(6-7)9-2/h3-5H,1-2,6H2. The van der Waals surface area contributed by atoms with Gasteiger partial charge in [0, 0.05) is 12.1 Å². The highest BCUT2D eigenvalue weighted by atomic mass is 14.7. The van der Waals surface area contributed by atoms with Crippen molar-refractivity contribution in [3.8, 4) is 0 Å². The Bertz CT molecular complexity index is 197. The highest BCUT2D eigenvalue weighted by Crippen LogP contribution is 2.15. The number of hydrogen-bond donors (Lipinski definition) is 0. The van der Waals surface area contributed by atoms with E-state index in [9.17, 15) is 0 Å². The van der Waals surface area contributed by atoms with Gasteiger partial charge in [0.2, 0.25) is 0 Å². The van der Waals surface area contributed by atoms with Crippen LogP contribution >= 0.6 is 0 Å². The van der Waals surface area contributed by atoms with E-state index in [-0.39, 0.29) is 0 Å². The lowest BCUT2D eigenvalue weighted by Crippen LogP contribution is -1.84. The van der Waals surface area contributed by atoms with Crippen molar-refractivity contribution in [2.75, 3.05) is 0 Å². The van der Waals surface area contributed by atoms with E-state index in [1.165, 1.54) is 0 Å². The average molecular weight is 119 g/mol. The third-order valence-electron chi connectivity index (χ3n) is 1.23. The lowest BCUT2D eigenvalue weighted by atomic mass is 10.1. The average Bonchev–Trinajstić information content (AvgIpc) is 1.88. The Morgan fingerprint density at radius 1 is 1.56 bits per heavy atom. The topological polar surface area (TPSA) is 12.4 Å². The maximum absolute atomic E-state index is 3.80. The molecule has 0 aromatic carbocycles. The molecule has 1 rings (SSSR count). The minimum atomic E-state index is 0.847. The monoisotopic (exact) mass is 119 g/mol. The fraction of sp³-hybridized carbons (Fsp3) is 0.125. The molecule has 0 spiro atoms. The Labute approximate surface area is 55.1 Å². The Balaban J connectivity index is 2.76. The van der Waals surface area contributed by atoms with Crippen LogP contribution in [0.25, 0.3) is 0 Å². The molecule has 1 nitrogen and oxygen atoms in total. The third-order valence-corrected chi connectivity index (χ3v) is 1.23. The predicted octanol–water partition coefficient (Wildman–Crippen LogP) is 2.09. The Morgan fingerprint density at radius 2 is 2.33 bits per heavy atom. The summed E-state index contributed by atoms with van der Waals surface area (Å²) in [5.41, 5.74) is 2.10. The first-order valence-electron chi connectivity index (χ1n) is 2.84. The second kappa shape index (κ2) is 2.44. The van der Waals surface area contributed by atoms with Crippen molar-refractivity contribution < 1.29 is 0 Å². The number of aliphatic imine (C=N–C) groups is 1. The van der Waals surface area contributed by atoms with Gasteiger partial charge in [0.25, 0.3) is 0 Å². The SMILES string of the molecule is C=NC1=CC=CC(=C)C1. The van der Waals surface area contributed by atoms with Crippen LogP contribution in [0.3, 0.4) is 0 Å². The van der Waals surface area contributed by atoms with E-state index in [4.69, 9.17) is 0 Å². The van der Waals surface area contributed by atoms with Crippen LogP contribution in [-0.4, -0.2) is 6.72 Å². The van der Waals surface area contributed by atoms with Gasteiger partial charge >= 0.3 is 0 Å². The van der Waals surface area contributed by atoms with Gasteiger partial charge in [-0.25, -0.2) is 0 Å². The zero-order valence-corrected chi connectivity index (χ0v) is 5.30. The number of allylic oxidation sites excluding steroid dienone is 4. The first-order chi connectivity index (χ1) is 4.33. The largest absolute Gasteiger partial charge is 0.269 e. The van der Waals surface area contributed by atoms with E-state index in [1.807, 2.05) is 18.2 Å². The Kier molecular flexibility index (Phi) is 1.63. The van der Waals surface area contributed by atoms with Crippen molar-refractivity contribution in [1.82, 2.24) is 0 Å². The Hall–Kier alpha value is -1.11. The van der Waals surface area contributed by atoms with Gasteiger partial charge in [-0.05, 0) is 18.4 Å². The van der Waals surface area contributed by atoms with Gasteiger partial charge in [0.1, 0.15) is 0 Å². The van der Waals surface area contributed by atoms with Crippen LogP contribution < -0.4 is 0 Å². The van der Waals surface area contributed by atoms with Gasteiger partial charge in [0.05, 0.1) is 0 Å². The summed E-state index contributed by atoms with van der Waals surface area (Å²) in [5, 5.41) is 0. The molecule has 0 bridgehead atoms. The second-order valence-corrected chi connectivity index (χ2v) is 2.01. The predicted molar refractivity (Wildman–Crippen MR) is 40.5 cm³/mol. The van der Waals surface area contributed by atoms with Gasteiger partial charge in [-0.1, -0.05) is 18.7 Å². The minimum Gasteiger partial charge on any atom is -0.269 e. The first-order valence-corrected chi connectivity index (χ1v) is 2.84. The van der Waals surface area contributed by atoms with Crippen molar-refractivity contribution in [2.24, 2.45) is 4.99 Å². The molecule has 0 unspecified atom stereocenters. The van der Waals surface area contributed by atoms with Gasteiger partial charge in [-0.3, -0.25) is 4.99 Å². The molecule has 0 N–H and O–H groups in total. The summed E-state index contributed by atoms with van der Waals surface area (Å²) in [5.74, 6) is 0. The molecule has 0 amide bonds. The van der Waals surface area contributed by atoms with Gasteiger partial charge < -0.3 is 0 Å². The van der Waals surface area contributed by atoms with Gasteiger partial charge in [0.15, 0.2) is 0 Å². The summed E-state index contributed by atoms with van der Waals surface area (Å²) in [6.45, 7) is 7.22. The maximum atomic E-state index is 3.80. The van der Waals surface area contributed by atoms with Crippen molar-refractivity contribution in [2.45, 2.75) is 6.42 Å². The maximum Gasteiger partial charge on any atom is 0.0439 e. The fourth-order valence-corrected chi connectivity index (χ4v) is 0.754. The molecular formula is C8H9N. The van der Waals surface area contributed by atoms with Crippen LogP contribution in [0.5, 0.6) is 0 Å². The zero-order chi connectivity index (χ0) is 6.69. The van der Waals surface area contributed by atoms with E-state index >= 15 is 0 Å². The molecular weight excluding hydrogens is 110 g/mol. The molecule has 0 atom stereocenters. The summed E-state index contributed by atoms with van der Waals surface area (Å²) >= 11 is 0. The fourth-order valence-electron chi connectivity index (χ4n) is 0.754. The highest BCUT2D eigenvalue weighted by Gasteiger charge is 1.97. The first kappa shape index (κ1) is 6.02. The minimum absolute atomic E-state index is 0.847. The van der Waals surface area contributed by atoms with E-state index in [0.717, 1.165) is 17.7 Å². The molecule has 0 fully saturated rings. The zero-order valence-electron chi connectivity index (χ0n) is 5.30. The highest BCUT2D eigenvalue weighted by molar-refractivity contribution is 5.37. The summed E-state index contributed by atoms with van der Waals surface area (Å²) in [7, 11) is 0. The molecule has 0 heterocycles. The molecule has 1 aliphatic rings. The Morgan fingerprint density at radius 3 is 2.78 bits per heavy atom. The molecule has 1 aliphatic carbocycles. The van der Waals surface area contributed by atoms with Crippen molar-refractivity contribution in [3.63, 3.8) is 0 Å². The van der Waals surface area contributed by atoms with Gasteiger partial charge in [-0.2, -0.15) is 0 Å². The number of hydrogen-bond acceptors (Lipinski definition) is 1. The van der Waals surface area contributed by atoms with E-state index in [2.05, 4.69) is 18.3 Å². The van der Waals surface area contributed by atoms with E-state index in [1.54, 1.807) is 0 Å². The van der Waals surface area contributed by atoms with Crippen molar-refractivity contribution in [1.29, 1.82) is 0 Å². The number of nitrogens with zero attached hydrogens (tertiary/aromatic N) is 1. The van der Waals surface area contributed by atoms with Crippen LogP contribution in [0.4, 0.5) is 0 Å². The molecule has 0 aromatic rings. The van der Waals surface area contributed by atoms with Crippen LogP contribution in [-0.2, 0) is 0 Å². The lowest BCUT2D eigenvalue weighted by Gasteiger charge is -2.03. The van der Waals surface area contributed by atoms with E-state index < -0.39 is 0 Å². The quantitative estimate of drug-likeness (QED) is 0.469. The summed E-state index contributed by atoms with van der Waals surface area (Å²) < 4.78 is 0. The molecule has 0 saturated carbocycles. The van der Waals surface area contributed by atoms with Crippen molar-refractivity contribution in [3.05, 3.63) is 36.1 Å². The number of rotatable bonds is 1. The molecule has 0 aromatic heterocycles. The summed E-state index contributed by atoms with van der Waals surface area (Å²) in [4.78, 5) is 3.80. The van der Waals surface area contributed by atoms with E-state index in [0.29, 0.717) is 0 Å². The normalized spacial score (nSPS) is 17.3.